The van der Waals surface area contributed by atoms with E-state index in [1.165, 1.54) is 26.2 Å². The highest BCUT2D eigenvalue weighted by Gasteiger charge is 2.33. The van der Waals surface area contributed by atoms with Crippen LogP contribution in [0.1, 0.15) is 67.3 Å². The number of amides is 1. The van der Waals surface area contributed by atoms with E-state index in [1.807, 2.05) is 30.3 Å². The lowest BCUT2D eigenvalue weighted by molar-refractivity contribution is -0.253. The summed E-state index contributed by atoms with van der Waals surface area (Å²) < 4.78 is 13.1. The SMILES string of the molecule is CC(=O)NCc1ccccc1-c1ccc([C@H]2O[C@@H](CN3CCCCC3)C[C@@H](c3ccc(CO)cc3)O2)cc1. The van der Waals surface area contributed by atoms with Gasteiger partial charge in [0.1, 0.15) is 0 Å². The molecule has 5 rings (SSSR count). The minimum Gasteiger partial charge on any atom is -0.392 e. The van der Waals surface area contributed by atoms with Gasteiger partial charge in [-0.3, -0.25) is 4.79 Å². The molecule has 0 aromatic heterocycles. The van der Waals surface area contributed by atoms with Gasteiger partial charge in [0.05, 0.1) is 18.8 Å². The summed E-state index contributed by atoms with van der Waals surface area (Å²) >= 11 is 0. The Morgan fingerprint density at radius 2 is 1.63 bits per heavy atom. The summed E-state index contributed by atoms with van der Waals surface area (Å²) in [7, 11) is 0. The molecule has 2 N–H and O–H groups in total. The van der Waals surface area contributed by atoms with Gasteiger partial charge in [0, 0.05) is 32.0 Å². The Kier molecular flexibility index (Phi) is 8.86. The number of nitrogens with one attached hydrogen (secondary N) is 1. The van der Waals surface area contributed by atoms with Crippen molar-refractivity contribution < 1.29 is 19.4 Å². The third-order valence-electron chi connectivity index (χ3n) is 7.56. The van der Waals surface area contributed by atoms with Crippen molar-refractivity contribution in [2.75, 3.05) is 19.6 Å². The first kappa shape index (κ1) is 26.6. The third-order valence-corrected chi connectivity index (χ3v) is 7.56. The lowest BCUT2D eigenvalue weighted by Crippen LogP contribution is -2.41. The average Bonchev–Trinajstić information content (AvgIpc) is 2.97. The summed E-state index contributed by atoms with van der Waals surface area (Å²) in [6.07, 6.45) is 4.17. The van der Waals surface area contributed by atoms with E-state index < -0.39 is 6.29 Å². The van der Waals surface area contributed by atoms with Crippen LogP contribution in [0.15, 0.2) is 72.8 Å². The van der Waals surface area contributed by atoms with Gasteiger partial charge in [-0.1, -0.05) is 79.2 Å². The Hall–Kier alpha value is -3.03. The van der Waals surface area contributed by atoms with E-state index in [1.54, 1.807) is 0 Å². The Balaban J connectivity index is 1.36. The second kappa shape index (κ2) is 12.7. The van der Waals surface area contributed by atoms with Crippen LogP contribution in [0.25, 0.3) is 11.1 Å². The van der Waals surface area contributed by atoms with Crippen LogP contribution in [-0.4, -0.2) is 41.7 Å². The number of nitrogens with zero attached hydrogens (tertiary/aromatic N) is 1. The van der Waals surface area contributed by atoms with Gasteiger partial charge in [0.25, 0.3) is 0 Å². The van der Waals surface area contributed by atoms with Gasteiger partial charge in [-0.15, -0.1) is 0 Å². The van der Waals surface area contributed by atoms with Crippen molar-refractivity contribution in [1.29, 1.82) is 0 Å². The molecule has 1 amide bonds. The maximum absolute atomic E-state index is 11.4. The first-order valence-electron chi connectivity index (χ1n) is 13.7. The Morgan fingerprint density at radius 3 is 2.34 bits per heavy atom. The maximum Gasteiger partial charge on any atom is 0.217 e. The van der Waals surface area contributed by atoms with E-state index in [2.05, 4.69) is 52.7 Å². The lowest BCUT2D eigenvalue weighted by Gasteiger charge is -2.39. The zero-order valence-electron chi connectivity index (χ0n) is 22.1. The van der Waals surface area contributed by atoms with Gasteiger partial charge in [0.2, 0.25) is 5.91 Å². The first-order valence-corrected chi connectivity index (χ1v) is 13.7. The minimum atomic E-state index is -0.454. The molecule has 0 radical (unpaired) electrons. The van der Waals surface area contributed by atoms with Crippen molar-refractivity contribution in [3.8, 4) is 11.1 Å². The maximum atomic E-state index is 11.4. The van der Waals surface area contributed by atoms with Gasteiger partial charge >= 0.3 is 0 Å². The zero-order chi connectivity index (χ0) is 26.3. The monoisotopic (exact) mass is 514 g/mol. The summed E-state index contributed by atoms with van der Waals surface area (Å²) in [5.74, 6) is -0.0404. The number of benzene rings is 3. The molecular formula is C32H38N2O4. The number of hydrogen-bond acceptors (Lipinski definition) is 5. The number of carbonyl (C=O) groups is 1. The average molecular weight is 515 g/mol. The number of aliphatic hydroxyl groups excluding tert-OH is 1. The Labute approximate surface area is 225 Å². The molecule has 3 atom stereocenters. The van der Waals surface area contributed by atoms with Crippen LogP contribution in [0.5, 0.6) is 0 Å². The fraction of sp³-hybridized carbons (Fsp3) is 0.406. The molecule has 3 aromatic rings. The molecule has 6 nitrogen and oxygen atoms in total. The number of aliphatic hydroxyl groups is 1. The van der Waals surface area contributed by atoms with E-state index in [4.69, 9.17) is 9.47 Å². The predicted molar refractivity (Wildman–Crippen MR) is 148 cm³/mol. The van der Waals surface area contributed by atoms with Crippen LogP contribution >= 0.6 is 0 Å². The van der Waals surface area contributed by atoms with E-state index >= 15 is 0 Å². The van der Waals surface area contributed by atoms with Crippen LogP contribution in [0.2, 0.25) is 0 Å². The van der Waals surface area contributed by atoms with Gasteiger partial charge in [0.15, 0.2) is 6.29 Å². The molecule has 2 fully saturated rings. The summed E-state index contributed by atoms with van der Waals surface area (Å²) in [5.41, 5.74) is 6.27. The smallest absolute Gasteiger partial charge is 0.217 e. The van der Waals surface area contributed by atoms with Crippen LogP contribution < -0.4 is 5.32 Å². The molecule has 2 saturated heterocycles. The summed E-state index contributed by atoms with van der Waals surface area (Å²) in [4.78, 5) is 14.0. The molecule has 2 aliphatic heterocycles. The number of rotatable bonds is 8. The number of hydrogen-bond donors (Lipinski definition) is 2. The van der Waals surface area contributed by atoms with Gasteiger partial charge in [-0.25, -0.2) is 0 Å². The molecule has 2 heterocycles. The van der Waals surface area contributed by atoms with Crippen molar-refractivity contribution in [1.82, 2.24) is 10.2 Å². The molecular weight excluding hydrogens is 476 g/mol. The first-order chi connectivity index (χ1) is 18.6. The van der Waals surface area contributed by atoms with Gasteiger partial charge < -0.3 is 24.8 Å². The minimum absolute atomic E-state index is 0.0371. The van der Waals surface area contributed by atoms with E-state index in [0.29, 0.717) is 6.54 Å². The van der Waals surface area contributed by atoms with Crippen molar-refractivity contribution in [3.63, 3.8) is 0 Å². The number of ether oxygens (including phenoxy) is 2. The molecule has 6 heteroatoms. The number of carbonyl (C=O) groups excluding carboxylic acids is 1. The Bertz CT molecular complexity index is 1190. The number of likely N-dealkylation sites (tertiary alicyclic amines) is 1. The van der Waals surface area contributed by atoms with Crippen LogP contribution in [0.3, 0.4) is 0 Å². The molecule has 0 saturated carbocycles. The molecule has 0 spiro atoms. The quantitative estimate of drug-likeness (QED) is 0.415. The third kappa shape index (κ3) is 6.69. The normalized spacial score (nSPS) is 22.2. The van der Waals surface area contributed by atoms with Crippen LogP contribution in [0.4, 0.5) is 0 Å². The molecule has 0 aliphatic carbocycles. The standard InChI is InChI=1S/C32H38N2O4/c1-23(36)33-20-28-7-3-4-8-30(28)25-13-15-27(16-14-25)32-37-29(21-34-17-5-2-6-18-34)19-31(38-32)26-11-9-24(22-35)10-12-26/h3-4,7-16,29,31-32,35H,2,5-6,17-22H2,1H3,(H,33,36)/t29-,31+,32+/m1/s1. The fourth-order valence-electron chi connectivity index (χ4n) is 5.46. The summed E-state index contributed by atoms with van der Waals surface area (Å²) in [6.45, 7) is 5.25. The Morgan fingerprint density at radius 1 is 0.921 bits per heavy atom. The largest absolute Gasteiger partial charge is 0.392 e. The molecule has 0 unspecified atom stereocenters. The summed E-state index contributed by atoms with van der Waals surface area (Å²) in [6, 6.07) is 24.6. The highest BCUT2D eigenvalue weighted by Crippen LogP contribution is 2.39. The van der Waals surface area contributed by atoms with E-state index in [0.717, 1.165) is 59.4 Å². The van der Waals surface area contributed by atoms with Gasteiger partial charge in [-0.2, -0.15) is 0 Å². The highest BCUT2D eigenvalue weighted by atomic mass is 16.7. The van der Waals surface area contributed by atoms with Crippen molar-refractivity contribution in [2.45, 2.75) is 64.3 Å². The molecule has 38 heavy (non-hydrogen) atoms. The summed E-state index contributed by atoms with van der Waals surface area (Å²) in [5, 5.41) is 12.4. The zero-order valence-corrected chi connectivity index (χ0v) is 22.1. The van der Waals surface area contributed by atoms with Gasteiger partial charge in [-0.05, 0) is 53.7 Å². The number of piperidine rings is 1. The van der Waals surface area contributed by atoms with Crippen LogP contribution in [-0.2, 0) is 27.4 Å². The molecule has 0 bridgehead atoms. The second-order valence-corrected chi connectivity index (χ2v) is 10.4. The predicted octanol–water partition coefficient (Wildman–Crippen LogP) is 5.51. The molecule has 2 aliphatic rings. The highest BCUT2D eigenvalue weighted by molar-refractivity contribution is 5.74. The van der Waals surface area contributed by atoms with Crippen molar-refractivity contribution in [3.05, 3.63) is 95.1 Å². The van der Waals surface area contributed by atoms with Crippen molar-refractivity contribution >= 4 is 5.91 Å². The van der Waals surface area contributed by atoms with E-state index in [9.17, 15) is 9.90 Å². The second-order valence-electron chi connectivity index (χ2n) is 10.4. The van der Waals surface area contributed by atoms with Crippen molar-refractivity contribution in [2.24, 2.45) is 0 Å². The fourth-order valence-corrected chi connectivity index (χ4v) is 5.46. The topological polar surface area (TPSA) is 71.0 Å². The lowest BCUT2D eigenvalue weighted by atomic mass is 9.97. The van der Waals surface area contributed by atoms with Crippen LogP contribution in [0, 0.1) is 0 Å². The molecule has 3 aromatic carbocycles. The molecule has 200 valence electrons. The van der Waals surface area contributed by atoms with E-state index in [-0.39, 0.29) is 24.7 Å².